The van der Waals surface area contributed by atoms with Crippen molar-refractivity contribution in [3.63, 3.8) is 0 Å². The topological polar surface area (TPSA) is 12.4 Å². The highest BCUT2D eigenvalue weighted by molar-refractivity contribution is 5.79. The van der Waals surface area contributed by atoms with Crippen LogP contribution in [0.15, 0.2) is 35.3 Å². The van der Waals surface area contributed by atoms with Crippen molar-refractivity contribution in [2.75, 3.05) is 6.54 Å². The molecule has 0 saturated carbocycles. The summed E-state index contributed by atoms with van der Waals surface area (Å²) in [6.07, 6.45) is 5.78. The molecule has 1 atom stereocenters. The lowest BCUT2D eigenvalue weighted by atomic mass is 10.0. The summed E-state index contributed by atoms with van der Waals surface area (Å²) in [4.78, 5) is 4.51. The first-order valence-corrected chi connectivity index (χ1v) is 5.91. The molecule has 0 aliphatic carbocycles. The van der Waals surface area contributed by atoms with E-state index in [9.17, 15) is 0 Å². The van der Waals surface area contributed by atoms with Gasteiger partial charge in [0.2, 0.25) is 0 Å². The summed E-state index contributed by atoms with van der Waals surface area (Å²) < 4.78 is 0. The summed E-state index contributed by atoms with van der Waals surface area (Å²) in [7, 11) is 0. The third kappa shape index (κ3) is 4.78. The largest absolute Gasteiger partial charge is 0.292 e. The van der Waals surface area contributed by atoms with Crippen molar-refractivity contribution >= 4 is 6.21 Å². The number of benzene rings is 1. The summed E-state index contributed by atoms with van der Waals surface area (Å²) in [5, 5.41) is 0. The monoisotopic (exact) mass is 203 g/mol. The predicted octanol–water partition coefficient (Wildman–Crippen LogP) is 3.93. The summed E-state index contributed by atoms with van der Waals surface area (Å²) in [5.41, 5.74) is 1.20. The number of nitrogens with zero attached hydrogens (tertiary/aromatic N) is 1. The van der Waals surface area contributed by atoms with Crippen LogP contribution in [0.2, 0.25) is 0 Å². The molecule has 82 valence electrons. The van der Waals surface area contributed by atoms with Gasteiger partial charge in [0, 0.05) is 12.8 Å². The van der Waals surface area contributed by atoms with E-state index in [-0.39, 0.29) is 0 Å². The van der Waals surface area contributed by atoms with Gasteiger partial charge in [-0.15, -0.1) is 0 Å². The van der Waals surface area contributed by atoms with Crippen molar-refractivity contribution in [3.05, 3.63) is 35.9 Å². The van der Waals surface area contributed by atoms with Gasteiger partial charge in [-0.2, -0.15) is 0 Å². The van der Waals surface area contributed by atoms with Crippen molar-refractivity contribution < 1.29 is 0 Å². The van der Waals surface area contributed by atoms with E-state index < -0.39 is 0 Å². The number of hydrogen-bond donors (Lipinski definition) is 0. The van der Waals surface area contributed by atoms with Gasteiger partial charge in [-0.3, -0.25) is 4.99 Å². The van der Waals surface area contributed by atoms with Crippen LogP contribution in [0.3, 0.4) is 0 Å². The average Bonchev–Trinajstić information content (AvgIpc) is 2.29. The number of aliphatic imine (C=N–C) groups is 1. The Morgan fingerprint density at radius 1 is 1.20 bits per heavy atom. The molecule has 1 rings (SSSR count). The third-order valence-corrected chi connectivity index (χ3v) is 2.68. The molecule has 1 aromatic carbocycles. The molecule has 0 saturated heterocycles. The van der Waals surface area contributed by atoms with E-state index >= 15 is 0 Å². The molecule has 0 N–H and O–H groups in total. The van der Waals surface area contributed by atoms with Gasteiger partial charge in [-0.05, 0) is 17.9 Å². The Balaban J connectivity index is 2.38. The van der Waals surface area contributed by atoms with Gasteiger partial charge >= 0.3 is 0 Å². The fraction of sp³-hybridized carbons (Fsp3) is 0.500. The Labute approximate surface area is 93.2 Å². The minimum Gasteiger partial charge on any atom is -0.292 e. The van der Waals surface area contributed by atoms with E-state index in [0.717, 1.165) is 12.5 Å². The molecule has 1 unspecified atom stereocenters. The van der Waals surface area contributed by atoms with Crippen molar-refractivity contribution in [2.24, 2.45) is 10.9 Å². The van der Waals surface area contributed by atoms with Crippen LogP contribution in [-0.2, 0) is 0 Å². The van der Waals surface area contributed by atoms with Gasteiger partial charge in [0.1, 0.15) is 0 Å². The zero-order valence-electron chi connectivity index (χ0n) is 9.82. The molecular formula is C14H21N. The number of rotatable bonds is 6. The predicted molar refractivity (Wildman–Crippen MR) is 67.6 cm³/mol. The first-order chi connectivity index (χ1) is 7.36. The van der Waals surface area contributed by atoms with Crippen LogP contribution in [0.25, 0.3) is 0 Å². The molecule has 1 aromatic rings. The fourth-order valence-corrected chi connectivity index (χ4v) is 1.68. The smallest absolute Gasteiger partial charge is 0.0417 e. The van der Waals surface area contributed by atoms with Crippen LogP contribution >= 0.6 is 0 Å². The van der Waals surface area contributed by atoms with Gasteiger partial charge in [0.15, 0.2) is 0 Å². The summed E-state index contributed by atoms with van der Waals surface area (Å²) in [6, 6.07) is 10.3. The number of hydrogen-bond acceptors (Lipinski definition) is 1. The van der Waals surface area contributed by atoms with E-state index in [0.29, 0.717) is 0 Å². The summed E-state index contributed by atoms with van der Waals surface area (Å²) in [5.74, 6) is 0.759. The molecule has 0 aliphatic rings. The molecule has 0 amide bonds. The van der Waals surface area contributed by atoms with Gasteiger partial charge in [-0.25, -0.2) is 0 Å². The molecule has 1 nitrogen and oxygen atoms in total. The van der Waals surface area contributed by atoms with Gasteiger partial charge in [0.05, 0.1) is 0 Å². The summed E-state index contributed by atoms with van der Waals surface area (Å²) >= 11 is 0. The maximum Gasteiger partial charge on any atom is 0.0417 e. The molecule has 0 fully saturated rings. The highest BCUT2D eigenvalue weighted by Crippen LogP contribution is 2.10. The van der Waals surface area contributed by atoms with E-state index in [1.807, 2.05) is 24.4 Å². The zero-order valence-corrected chi connectivity index (χ0v) is 9.82. The first kappa shape index (κ1) is 12.0. The first-order valence-electron chi connectivity index (χ1n) is 5.91. The molecule has 1 heteroatoms. The molecule has 0 spiro atoms. The Bertz CT molecular complexity index is 277. The normalized spacial score (nSPS) is 13.2. The van der Waals surface area contributed by atoms with Gasteiger partial charge in [-0.1, -0.05) is 57.0 Å². The van der Waals surface area contributed by atoms with Crippen LogP contribution in [0.5, 0.6) is 0 Å². The molecule has 0 aromatic heterocycles. The molecular weight excluding hydrogens is 182 g/mol. The molecule has 0 bridgehead atoms. The van der Waals surface area contributed by atoms with E-state index in [2.05, 4.69) is 31.0 Å². The Morgan fingerprint density at radius 2 is 1.93 bits per heavy atom. The Morgan fingerprint density at radius 3 is 2.53 bits per heavy atom. The molecule has 0 heterocycles. The Hall–Kier alpha value is -1.11. The quantitative estimate of drug-likeness (QED) is 0.621. The maximum absolute atomic E-state index is 4.51. The lowest BCUT2D eigenvalue weighted by Crippen LogP contribution is -2.02. The van der Waals surface area contributed by atoms with Crippen LogP contribution in [-0.4, -0.2) is 12.8 Å². The van der Waals surface area contributed by atoms with Gasteiger partial charge in [0.25, 0.3) is 0 Å². The van der Waals surface area contributed by atoms with E-state index in [4.69, 9.17) is 0 Å². The Kier molecular flexibility index (Phi) is 5.76. The second-order valence-electron chi connectivity index (χ2n) is 3.97. The van der Waals surface area contributed by atoms with Crippen LogP contribution < -0.4 is 0 Å². The van der Waals surface area contributed by atoms with E-state index in [1.54, 1.807) is 0 Å². The van der Waals surface area contributed by atoms with Crippen LogP contribution in [0.1, 0.15) is 38.7 Å². The van der Waals surface area contributed by atoms with Crippen molar-refractivity contribution in [1.29, 1.82) is 0 Å². The molecule has 15 heavy (non-hydrogen) atoms. The third-order valence-electron chi connectivity index (χ3n) is 2.68. The molecule has 0 aliphatic heterocycles. The van der Waals surface area contributed by atoms with Gasteiger partial charge < -0.3 is 0 Å². The van der Waals surface area contributed by atoms with Crippen LogP contribution in [0, 0.1) is 5.92 Å². The summed E-state index contributed by atoms with van der Waals surface area (Å²) in [6.45, 7) is 5.46. The SMILES string of the molecule is CCCC(CC)CN=Cc1ccccc1. The molecule has 0 radical (unpaired) electrons. The standard InChI is InChI=1S/C14H21N/c1-3-8-13(4-2)11-15-12-14-9-6-5-7-10-14/h5-7,9-10,12-13H,3-4,8,11H2,1-2H3. The highest BCUT2D eigenvalue weighted by atomic mass is 14.7. The minimum absolute atomic E-state index is 0.759. The zero-order chi connectivity index (χ0) is 10.9. The lowest BCUT2D eigenvalue weighted by molar-refractivity contribution is 0.477. The van der Waals surface area contributed by atoms with Crippen molar-refractivity contribution in [2.45, 2.75) is 33.1 Å². The van der Waals surface area contributed by atoms with Crippen molar-refractivity contribution in [1.82, 2.24) is 0 Å². The second kappa shape index (κ2) is 7.22. The average molecular weight is 203 g/mol. The van der Waals surface area contributed by atoms with Crippen molar-refractivity contribution in [3.8, 4) is 0 Å². The minimum atomic E-state index is 0.759. The highest BCUT2D eigenvalue weighted by Gasteiger charge is 2.02. The fourth-order valence-electron chi connectivity index (χ4n) is 1.68. The van der Waals surface area contributed by atoms with Crippen LogP contribution in [0.4, 0.5) is 0 Å². The maximum atomic E-state index is 4.51. The lowest BCUT2D eigenvalue weighted by Gasteiger charge is -2.09. The second-order valence-corrected chi connectivity index (χ2v) is 3.97. The van der Waals surface area contributed by atoms with E-state index in [1.165, 1.54) is 24.8 Å².